The first-order valence-corrected chi connectivity index (χ1v) is 6.63. The van der Waals surface area contributed by atoms with Crippen LogP contribution in [0.15, 0.2) is 18.2 Å². The molecule has 116 valence electrons. The van der Waals surface area contributed by atoms with Crippen molar-refractivity contribution in [2.75, 3.05) is 13.7 Å². The van der Waals surface area contributed by atoms with Gasteiger partial charge in [-0.1, -0.05) is 13.0 Å². The summed E-state index contributed by atoms with van der Waals surface area (Å²) in [5.41, 5.74) is -1.06. The van der Waals surface area contributed by atoms with Crippen molar-refractivity contribution >= 4 is 11.6 Å². The van der Waals surface area contributed by atoms with Crippen LogP contribution in [0.25, 0.3) is 0 Å². The minimum atomic E-state index is -0.638. The Hall–Kier alpha value is -2.15. The van der Waals surface area contributed by atoms with Gasteiger partial charge in [0, 0.05) is 18.2 Å². The second-order valence-electron chi connectivity index (χ2n) is 4.95. The molecular formula is C14H20N2O5. The summed E-state index contributed by atoms with van der Waals surface area (Å²) in [6.07, 6.45) is 0.945. The first-order chi connectivity index (χ1) is 9.88. The number of aliphatic hydroxyl groups is 1. The lowest BCUT2D eigenvalue weighted by molar-refractivity contribution is -0.385. The molecule has 0 aromatic heterocycles. The SMILES string of the molecule is CCC(C)(CCO)NC(=O)c1c(OC)cccc1[N+](=O)[O-]. The van der Waals surface area contributed by atoms with Crippen molar-refractivity contribution in [1.82, 2.24) is 5.32 Å². The molecule has 0 bridgehead atoms. The molecule has 1 aromatic rings. The Morgan fingerprint density at radius 3 is 2.67 bits per heavy atom. The van der Waals surface area contributed by atoms with Crippen LogP contribution in [0.2, 0.25) is 0 Å². The highest BCUT2D eigenvalue weighted by Crippen LogP contribution is 2.29. The Morgan fingerprint density at radius 2 is 2.19 bits per heavy atom. The number of aliphatic hydroxyl groups excluding tert-OH is 1. The first-order valence-electron chi connectivity index (χ1n) is 6.63. The van der Waals surface area contributed by atoms with Crippen molar-refractivity contribution in [3.8, 4) is 5.75 Å². The molecule has 0 aliphatic carbocycles. The maximum absolute atomic E-state index is 12.4. The summed E-state index contributed by atoms with van der Waals surface area (Å²) in [5, 5.41) is 22.9. The number of nitro groups is 1. The van der Waals surface area contributed by atoms with E-state index in [9.17, 15) is 14.9 Å². The number of benzene rings is 1. The number of methoxy groups -OCH3 is 1. The van der Waals surface area contributed by atoms with Crippen LogP contribution in [-0.4, -0.2) is 35.2 Å². The lowest BCUT2D eigenvalue weighted by Gasteiger charge is -2.29. The zero-order valence-electron chi connectivity index (χ0n) is 12.4. The highest BCUT2D eigenvalue weighted by molar-refractivity contribution is 6.01. The predicted molar refractivity (Wildman–Crippen MR) is 77.5 cm³/mol. The molecule has 1 unspecified atom stereocenters. The van der Waals surface area contributed by atoms with Gasteiger partial charge in [0.1, 0.15) is 5.75 Å². The lowest BCUT2D eigenvalue weighted by Crippen LogP contribution is -2.46. The third-order valence-corrected chi connectivity index (χ3v) is 3.51. The molecule has 0 spiro atoms. The van der Waals surface area contributed by atoms with Gasteiger partial charge < -0.3 is 15.2 Å². The van der Waals surface area contributed by atoms with E-state index in [1.54, 1.807) is 6.92 Å². The van der Waals surface area contributed by atoms with Gasteiger partial charge in [0.2, 0.25) is 0 Å². The lowest BCUT2D eigenvalue weighted by atomic mass is 9.94. The van der Waals surface area contributed by atoms with E-state index in [-0.39, 0.29) is 23.6 Å². The number of hydrogen-bond acceptors (Lipinski definition) is 5. The molecular weight excluding hydrogens is 276 g/mol. The fourth-order valence-corrected chi connectivity index (χ4v) is 1.98. The van der Waals surface area contributed by atoms with Gasteiger partial charge in [0.25, 0.3) is 11.6 Å². The Labute approximate surface area is 123 Å². The number of nitrogens with one attached hydrogen (secondary N) is 1. The smallest absolute Gasteiger partial charge is 0.285 e. The van der Waals surface area contributed by atoms with Crippen molar-refractivity contribution in [1.29, 1.82) is 0 Å². The molecule has 1 amide bonds. The molecule has 21 heavy (non-hydrogen) atoms. The highest BCUT2D eigenvalue weighted by atomic mass is 16.6. The van der Waals surface area contributed by atoms with E-state index in [0.29, 0.717) is 12.8 Å². The number of rotatable bonds is 7. The van der Waals surface area contributed by atoms with Crippen LogP contribution in [0.1, 0.15) is 37.0 Å². The third-order valence-electron chi connectivity index (χ3n) is 3.51. The van der Waals surface area contributed by atoms with E-state index < -0.39 is 16.4 Å². The minimum Gasteiger partial charge on any atom is -0.496 e. The van der Waals surface area contributed by atoms with Gasteiger partial charge in [-0.15, -0.1) is 0 Å². The van der Waals surface area contributed by atoms with E-state index in [1.165, 1.54) is 25.3 Å². The second kappa shape index (κ2) is 7.03. The number of hydrogen-bond donors (Lipinski definition) is 2. The van der Waals surface area contributed by atoms with Gasteiger partial charge in [0.15, 0.2) is 5.56 Å². The Morgan fingerprint density at radius 1 is 1.52 bits per heavy atom. The number of nitrogens with zero attached hydrogens (tertiary/aromatic N) is 1. The van der Waals surface area contributed by atoms with Crippen LogP contribution in [-0.2, 0) is 0 Å². The molecule has 0 fully saturated rings. The molecule has 0 radical (unpaired) electrons. The number of ether oxygens (including phenoxy) is 1. The van der Waals surface area contributed by atoms with Crippen molar-refractivity contribution in [2.45, 2.75) is 32.2 Å². The van der Waals surface area contributed by atoms with E-state index in [0.717, 1.165) is 0 Å². The van der Waals surface area contributed by atoms with E-state index in [2.05, 4.69) is 5.32 Å². The summed E-state index contributed by atoms with van der Waals surface area (Å²) in [5.74, 6) is -0.443. The summed E-state index contributed by atoms with van der Waals surface area (Å²) in [7, 11) is 1.35. The fraction of sp³-hybridized carbons (Fsp3) is 0.500. The monoisotopic (exact) mass is 296 g/mol. The summed E-state index contributed by atoms with van der Waals surface area (Å²) in [4.78, 5) is 22.9. The predicted octanol–water partition coefficient (Wildman–Crippen LogP) is 1.88. The minimum absolute atomic E-state index is 0.0847. The molecule has 0 aliphatic heterocycles. The van der Waals surface area contributed by atoms with Gasteiger partial charge >= 0.3 is 0 Å². The van der Waals surface area contributed by atoms with Crippen LogP contribution < -0.4 is 10.1 Å². The molecule has 0 saturated carbocycles. The Kier molecular flexibility index (Phi) is 5.66. The molecule has 1 atom stereocenters. The van der Waals surface area contributed by atoms with Crippen LogP contribution in [0.5, 0.6) is 5.75 Å². The summed E-state index contributed by atoms with van der Waals surface area (Å²) in [6, 6.07) is 4.21. The van der Waals surface area contributed by atoms with Crippen molar-refractivity contribution in [3.63, 3.8) is 0 Å². The van der Waals surface area contributed by atoms with Crippen molar-refractivity contribution in [2.24, 2.45) is 0 Å². The number of nitro benzene ring substituents is 1. The van der Waals surface area contributed by atoms with Crippen LogP contribution >= 0.6 is 0 Å². The largest absolute Gasteiger partial charge is 0.496 e. The first kappa shape index (κ1) is 16.9. The van der Waals surface area contributed by atoms with Gasteiger partial charge in [-0.2, -0.15) is 0 Å². The normalized spacial score (nSPS) is 13.3. The van der Waals surface area contributed by atoms with Gasteiger partial charge in [0.05, 0.1) is 12.0 Å². The van der Waals surface area contributed by atoms with Crippen molar-refractivity contribution in [3.05, 3.63) is 33.9 Å². The highest BCUT2D eigenvalue weighted by Gasteiger charge is 2.30. The van der Waals surface area contributed by atoms with Gasteiger partial charge in [-0.3, -0.25) is 14.9 Å². The summed E-state index contributed by atoms with van der Waals surface area (Å²) >= 11 is 0. The maximum Gasteiger partial charge on any atom is 0.285 e. The van der Waals surface area contributed by atoms with Crippen LogP contribution in [0.3, 0.4) is 0 Å². The van der Waals surface area contributed by atoms with E-state index in [1.807, 2.05) is 6.92 Å². The van der Waals surface area contributed by atoms with Crippen LogP contribution in [0.4, 0.5) is 5.69 Å². The van der Waals surface area contributed by atoms with Gasteiger partial charge in [-0.25, -0.2) is 0 Å². The maximum atomic E-state index is 12.4. The molecule has 1 rings (SSSR count). The summed E-state index contributed by atoms with van der Waals surface area (Å²) < 4.78 is 5.05. The zero-order chi connectivity index (χ0) is 16.0. The fourth-order valence-electron chi connectivity index (χ4n) is 1.98. The molecule has 1 aromatic carbocycles. The molecule has 7 heteroatoms. The second-order valence-corrected chi connectivity index (χ2v) is 4.95. The average molecular weight is 296 g/mol. The van der Waals surface area contributed by atoms with Gasteiger partial charge in [-0.05, 0) is 25.8 Å². The number of amides is 1. The Balaban J connectivity index is 3.20. The van der Waals surface area contributed by atoms with Crippen LogP contribution in [0, 0.1) is 10.1 Å². The van der Waals surface area contributed by atoms with E-state index in [4.69, 9.17) is 9.84 Å². The standard InChI is InChI=1S/C14H20N2O5/c1-4-14(2,8-9-17)15-13(18)12-10(16(19)20)6-5-7-11(12)21-3/h5-7,17H,4,8-9H2,1-3H3,(H,15,18). The quantitative estimate of drug-likeness (QED) is 0.591. The third kappa shape index (κ3) is 3.91. The topological polar surface area (TPSA) is 102 Å². The molecule has 0 heterocycles. The Bertz CT molecular complexity index is 532. The van der Waals surface area contributed by atoms with E-state index >= 15 is 0 Å². The molecule has 0 aliphatic rings. The number of carbonyl (C=O) groups excluding carboxylic acids is 1. The molecule has 2 N–H and O–H groups in total. The molecule has 7 nitrogen and oxygen atoms in total. The summed E-state index contributed by atoms with van der Waals surface area (Å²) in [6.45, 7) is 3.56. The molecule has 0 saturated heterocycles. The number of carbonyl (C=O) groups is 1. The van der Waals surface area contributed by atoms with Crippen molar-refractivity contribution < 1.29 is 19.6 Å². The average Bonchev–Trinajstić information content (AvgIpc) is 2.46. The zero-order valence-corrected chi connectivity index (χ0v) is 12.4.